The summed E-state index contributed by atoms with van der Waals surface area (Å²) in [5, 5.41) is 21.0. The van der Waals surface area contributed by atoms with E-state index in [-0.39, 0.29) is 31.3 Å². The zero-order valence-electron chi connectivity index (χ0n) is 15.2. The summed E-state index contributed by atoms with van der Waals surface area (Å²) in [6, 6.07) is 9.70. The summed E-state index contributed by atoms with van der Waals surface area (Å²) in [5.74, 6) is -0.571. The van der Waals surface area contributed by atoms with Crippen molar-refractivity contribution in [2.75, 3.05) is 31.5 Å². The lowest BCUT2D eigenvalue weighted by Crippen LogP contribution is -2.45. The molecule has 0 saturated carbocycles. The highest BCUT2D eigenvalue weighted by atomic mass is 16.7. The predicted molar refractivity (Wildman–Crippen MR) is 97.5 cm³/mol. The van der Waals surface area contributed by atoms with Gasteiger partial charge in [-0.05, 0) is 24.6 Å². The molecule has 146 valence electrons. The van der Waals surface area contributed by atoms with Crippen LogP contribution < -0.4 is 14.4 Å². The number of nitrogens with zero attached hydrogens (tertiary/aromatic N) is 1. The number of fused-ring (bicyclic) bond motifs is 2. The van der Waals surface area contributed by atoms with Crippen molar-refractivity contribution in [1.82, 2.24) is 0 Å². The van der Waals surface area contributed by atoms with Gasteiger partial charge in [0.15, 0.2) is 11.5 Å². The molecule has 4 rings (SSSR count). The molecule has 0 bridgehead atoms. The van der Waals surface area contributed by atoms with E-state index < -0.39 is 23.9 Å². The molecule has 1 amide bonds. The van der Waals surface area contributed by atoms with Gasteiger partial charge in [0.2, 0.25) is 12.7 Å². The van der Waals surface area contributed by atoms with E-state index in [1.54, 1.807) is 31.2 Å². The highest BCUT2D eigenvalue weighted by Gasteiger charge is 2.54. The molecule has 0 radical (unpaired) electrons. The van der Waals surface area contributed by atoms with Crippen LogP contribution in [0.4, 0.5) is 5.69 Å². The maximum absolute atomic E-state index is 13.5. The number of rotatable bonds is 5. The summed E-state index contributed by atoms with van der Waals surface area (Å²) >= 11 is 0. The van der Waals surface area contributed by atoms with E-state index in [1.165, 1.54) is 17.0 Å². The van der Waals surface area contributed by atoms with Crippen molar-refractivity contribution in [1.29, 1.82) is 0 Å². The first-order chi connectivity index (χ1) is 13.5. The number of amides is 1. The predicted octanol–water partition coefficient (Wildman–Crippen LogP) is 1.31. The summed E-state index contributed by atoms with van der Waals surface area (Å²) in [4.78, 5) is 26.8. The number of carbonyl (C=O) groups is 2. The van der Waals surface area contributed by atoms with Gasteiger partial charge >= 0.3 is 5.97 Å². The molecule has 0 aromatic heterocycles. The van der Waals surface area contributed by atoms with Crippen LogP contribution in [-0.4, -0.2) is 48.6 Å². The van der Waals surface area contributed by atoms with E-state index in [0.29, 0.717) is 22.7 Å². The molecule has 2 N–H and O–H groups in total. The van der Waals surface area contributed by atoms with Crippen molar-refractivity contribution >= 4 is 17.6 Å². The van der Waals surface area contributed by atoms with Gasteiger partial charge in [-0.2, -0.15) is 0 Å². The molecular weight excluding hydrogens is 366 g/mol. The normalized spacial score (nSPS) is 19.6. The van der Waals surface area contributed by atoms with E-state index in [9.17, 15) is 19.8 Å². The minimum Gasteiger partial charge on any atom is -0.507 e. The molecule has 2 aliphatic rings. The van der Waals surface area contributed by atoms with E-state index in [1.807, 2.05) is 0 Å². The van der Waals surface area contributed by atoms with Gasteiger partial charge in [0.25, 0.3) is 0 Å². The lowest BCUT2D eigenvalue weighted by Gasteiger charge is -2.28. The number of phenols is 1. The van der Waals surface area contributed by atoms with E-state index >= 15 is 0 Å². The van der Waals surface area contributed by atoms with Gasteiger partial charge in [-0.3, -0.25) is 14.5 Å². The monoisotopic (exact) mass is 385 g/mol. The molecule has 1 unspecified atom stereocenters. The van der Waals surface area contributed by atoms with Crippen LogP contribution in [0, 0.1) is 0 Å². The van der Waals surface area contributed by atoms with Crippen molar-refractivity contribution < 1.29 is 34.0 Å². The number of aliphatic hydroxyl groups is 1. The number of hydrogen-bond donors (Lipinski definition) is 2. The fourth-order valence-electron chi connectivity index (χ4n) is 3.79. The van der Waals surface area contributed by atoms with Crippen LogP contribution in [0.3, 0.4) is 0 Å². The summed E-state index contributed by atoms with van der Waals surface area (Å²) in [7, 11) is 0. The SMILES string of the molecule is CCOC(=O)CN1C(=O)C(CO)(c2cc3c(cc2O)OCO3)c2ccccc21. The molecule has 28 heavy (non-hydrogen) atoms. The van der Waals surface area contributed by atoms with Crippen molar-refractivity contribution in [3.63, 3.8) is 0 Å². The van der Waals surface area contributed by atoms with Crippen LogP contribution in [0.25, 0.3) is 0 Å². The molecule has 0 saturated heterocycles. The Bertz CT molecular complexity index is 958. The summed E-state index contributed by atoms with van der Waals surface area (Å²) in [5.41, 5.74) is -0.426. The summed E-state index contributed by atoms with van der Waals surface area (Å²) in [6.45, 7) is 0.979. The molecule has 2 aliphatic heterocycles. The first-order valence-electron chi connectivity index (χ1n) is 8.84. The number of benzene rings is 2. The highest BCUT2D eigenvalue weighted by molar-refractivity contribution is 6.13. The first kappa shape index (κ1) is 18.1. The number of hydrogen-bond acceptors (Lipinski definition) is 7. The smallest absolute Gasteiger partial charge is 0.326 e. The van der Waals surface area contributed by atoms with E-state index in [4.69, 9.17) is 14.2 Å². The summed E-state index contributed by atoms with van der Waals surface area (Å²) in [6.07, 6.45) is 0. The van der Waals surface area contributed by atoms with Gasteiger partial charge in [-0.25, -0.2) is 0 Å². The molecular formula is C20H19NO7. The Morgan fingerprint density at radius 2 is 1.93 bits per heavy atom. The Balaban J connectivity index is 1.87. The van der Waals surface area contributed by atoms with Crippen LogP contribution in [0.15, 0.2) is 36.4 Å². The Kier molecular flexibility index (Phi) is 4.35. The van der Waals surface area contributed by atoms with Crippen LogP contribution in [0.5, 0.6) is 17.2 Å². The van der Waals surface area contributed by atoms with Gasteiger partial charge in [-0.15, -0.1) is 0 Å². The molecule has 2 aromatic carbocycles. The lowest BCUT2D eigenvalue weighted by atomic mass is 9.75. The second-order valence-corrected chi connectivity index (χ2v) is 6.50. The van der Waals surface area contributed by atoms with Crippen molar-refractivity contribution in [2.45, 2.75) is 12.3 Å². The largest absolute Gasteiger partial charge is 0.507 e. The quantitative estimate of drug-likeness (QED) is 0.748. The Labute approximate surface area is 160 Å². The molecule has 1 atom stereocenters. The molecule has 0 spiro atoms. The number of phenolic OH excluding ortho intramolecular Hbond substituents is 1. The van der Waals surface area contributed by atoms with Gasteiger partial charge in [0.05, 0.1) is 13.2 Å². The second kappa shape index (κ2) is 6.72. The Hall–Kier alpha value is -3.26. The van der Waals surface area contributed by atoms with Gasteiger partial charge in [-0.1, -0.05) is 18.2 Å². The second-order valence-electron chi connectivity index (χ2n) is 6.50. The van der Waals surface area contributed by atoms with Crippen molar-refractivity contribution in [2.24, 2.45) is 0 Å². The third-order valence-electron chi connectivity index (χ3n) is 5.05. The molecule has 0 fully saturated rings. The number of aromatic hydroxyl groups is 1. The number of esters is 1. The van der Waals surface area contributed by atoms with Crippen molar-refractivity contribution in [3.8, 4) is 17.2 Å². The Morgan fingerprint density at radius 1 is 1.21 bits per heavy atom. The highest BCUT2D eigenvalue weighted by Crippen LogP contribution is 2.51. The minimum absolute atomic E-state index is 0.00384. The number of ether oxygens (including phenoxy) is 3. The maximum atomic E-state index is 13.5. The average Bonchev–Trinajstić information content (AvgIpc) is 3.23. The molecule has 0 aliphatic carbocycles. The minimum atomic E-state index is -1.58. The van der Waals surface area contributed by atoms with Gasteiger partial charge < -0.3 is 24.4 Å². The summed E-state index contributed by atoms with van der Waals surface area (Å²) < 4.78 is 15.6. The maximum Gasteiger partial charge on any atom is 0.326 e. The van der Waals surface area contributed by atoms with Crippen LogP contribution in [0.1, 0.15) is 18.1 Å². The number of anilines is 1. The van der Waals surface area contributed by atoms with E-state index in [2.05, 4.69) is 0 Å². The van der Waals surface area contributed by atoms with Crippen molar-refractivity contribution in [3.05, 3.63) is 47.5 Å². The first-order valence-corrected chi connectivity index (χ1v) is 8.84. The third kappa shape index (κ3) is 2.49. The Morgan fingerprint density at radius 3 is 2.64 bits per heavy atom. The fraction of sp³-hybridized carbons (Fsp3) is 0.300. The number of carbonyl (C=O) groups excluding carboxylic acids is 2. The van der Waals surface area contributed by atoms with Crippen LogP contribution in [-0.2, 0) is 19.7 Å². The standard InChI is InChI=1S/C20H19NO7/c1-2-26-18(24)9-21-14-6-4-3-5-12(14)20(10-22,19(21)25)13-7-16-17(8-15(13)23)28-11-27-16/h3-8,22-23H,2,9-11H2,1H3. The number of aliphatic hydroxyl groups excluding tert-OH is 1. The zero-order valence-corrected chi connectivity index (χ0v) is 15.2. The number of para-hydroxylation sites is 1. The zero-order chi connectivity index (χ0) is 19.9. The molecule has 2 heterocycles. The third-order valence-corrected chi connectivity index (χ3v) is 5.05. The van der Waals surface area contributed by atoms with E-state index in [0.717, 1.165) is 0 Å². The average molecular weight is 385 g/mol. The van der Waals surface area contributed by atoms with Gasteiger partial charge in [0, 0.05) is 17.3 Å². The van der Waals surface area contributed by atoms with Crippen LogP contribution >= 0.6 is 0 Å². The molecule has 2 aromatic rings. The lowest BCUT2D eigenvalue weighted by molar-refractivity contribution is -0.142. The fourth-order valence-corrected chi connectivity index (χ4v) is 3.79. The molecule has 8 heteroatoms. The van der Waals surface area contributed by atoms with Crippen LogP contribution in [0.2, 0.25) is 0 Å². The van der Waals surface area contributed by atoms with Gasteiger partial charge in [0.1, 0.15) is 17.7 Å². The topological polar surface area (TPSA) is 106 Å². The molecule has 8 nitrogen and oxygen atoms in total.